The molecule has 0 radical (unpaired) electrons. The number of carbonyl (C=O) groups is 1. The van der Waals surface area contributed by atoms with E-state index in [9.17, 15) is 9.18 Å². The van der Waals surface area contributed by atoms with Crippen molar-refractivity contribution in [2.24, 2.45) is 0 Å². The number of nitrogens with one attached hydrogen (secondary N) is 4. The number of halogens is 2. The van der Waals surface area contributed by atoms with E-state index in [1.54, 1.807) is 51.0 Å². The van der Waals surface area contributed by atoms with E-state index in [-0.39, 0.29) is 27.9 Å². The predicted molar refractivity (Wildman–Crippen MR) is 146 cm³/mol. The van der Waals surface area contributed by atoms with Crippen LogP contribution in [0.3, 0.4) is 0 Å². The molecule has 0 bridgehead atoms. The molecule has 1 amide bonds. The lowest BCUT2D eigenvalue weighted by Crippen LogP contribution is -2.35. The molecule has 3 aromatic heterocycles. The standard InChI is InChI=1S/C26H29ClFN9O/c1-4-36(8-7-31-10-17-11-32-26(27)33-12-17)22-6-5-19(23(29)20(22)13-30-3)25(38)35-18-9-21(28)24-34-16(2)14-37(24)15-18/h5-6,9,11-15,29-31H,4,7-8,10H2,1-3H3,(H,35,38)/b20-13-,29-23?. The van der Waals surface area contributed by atoms with Crippen molar-refractivity contribution in [3.05, 3.63) is 88.4 Å². The molecule has 1 aliphatic rings. The van der Waals surface area contributed by atoms with Gasteiger partial charge in [-0.1, -0.05) is 0 Å². The van der Waals surface area contributed by atoms with E-state index < -0.39 is 11.7 Å². The van der Waals surface area contributed by atoms with Crippen molar-refractivity contribution < 1.29 is 9.18 Å². The molecule has 0 atom stereocenters. The smallest absolute Gasteiger partial charge is 0.257 e. The lowest BCUT2D eigenvalue weighted by molar-refractivity contribution is -0.112. The highest BCUT2D eigenvalue weighted by atomic mass is 35.5. The summed E-state index contributed by atoms with van der Waals surface area (Å²) in [6.45, 7) is 6.44. The average molecular weight is 538 g/mol. The van der Waals surface area contributed by atoms with Crippen molar-refractivity contribution >= 4 is 34.6 Å². The van der Waals surface area contributed by atoms with E-state index in [2.05, 4.69) is 35.8 Å². The Morgan fingerprint density at radius 2 is 2.03 bits per heavy atom. The minimum absolute atomic E-state index is 0.0686. The molecule has 38 heavy (non-hydrogen) atoms. The van der Waals surface area contributed by atoms with Gasteiger partial charge in [0.05, 0.1) is 22.7 Å². The second-order valence-corrected chi connectivity index (χ2v) is 8.95. The van der Waals surface area contributed by atoms with Gasteiger partial charge in [0, 0.05) is 87.1 Å². The highest BCUT2D eigenvalue weighted by Gasteiger charge is 2.26. The number of allylic oxidation sites excluding steroid dienone is 3. The van der Waals surface area contributed by atoms with Crippen molar-refractivity contribution in [1.82, 2.24) is 34.9 Å². The van der Waals surface area contributed by atoms with Gasteiger partial charge in [0.15, 0.2) is 11.5 Å². The van der Waals surface area contributed by atoms with Gasteiger partial charge in [-0.05, 0) is 37.6 Å². The maximum absolute atomic E-state index is 14.5. The third-order valence-corrected chi connectivity index (χ3v) is 6.12. The molecule has 198 valence electrons. The maximum atomic E-state index is 14.5. The van der Waals surface area contributed by atoms with Crippen LogP contribution in [0.4, 0.5) is 10.1 Å². The summed E-state index contributed by atoms with van der Waals surface area (Å²) in [6, 6.07) is 1.22. The number of aryl methyl sites for hydroxylation is 1. The summed E-state index contributed by atoms with van der Waals surface area (Å²) in [7, 11) is 1.74. The molecule has 1 aliphatic carbocycles. The van der Waals surface area contributed by atoms with E-state index >= 15 is 0 Å². The van der Waals surface area contributed by atoms with Crippen molar-refractivity contribution in [3.8, 4) is 0 Å². The van der Waals surface area contributed by atoms with Crippen LogP contribution in [0.15, 0.2) is 66.0 Å². The van der Waals surface area contributed by atoms with Crippen molar-refractivity contribution in [1.29, 1.82) is 5.41 Å². The maximum Gasteiger partial charge on any atom is 0.257 e. The summed E-state index contributed by atoms with van der Waals surface area (Å²) in [5.41, 5.74) is 3.70. The molecule has 4 N–H and O–H groups in total. The lowest BCUT2D eigenvalue weighted by Gasteiger charge is -2.30. The molecular formula is C26H29ClFN9O. The minimum atomic E-state index is -0.544. The molecule has 0 unspecified atom stereocenters. The van der Waals surface area contributed by atoms with Gasteiger partial charge in [-0.25, -0.2) is 19.3 Å². The van der Waals surface area contributed by atoms with Crippen LogP contribution in [0.5, 0.6) is 0 Å². The largest absolute Gasteiger partial charge is 0.393 e. The van der Waals surface area contributed by atoms with Gasteiger partial charge in [-0.15, -0.1) is 0 Å². The molecule has 12 heteroatoms. The molecule has 0 aliphatic heterocycles. The van der Waals surface area contributed by atoms with Crippen LogP contribution < -0.4 is 16.0 Å². The number of hydrogen-bond acceptors (Lipinski definition) is 8. The number of imidazole rings is 1. The molecule has 3 heterocycles. The Kier molecular flexibility index (Phi) is 8.49. The normalized spacial score (nSPS) is 14.4. The van der Waals surface area contributed by atoms with Gasteiger partial charge < -0.3 is 25.3 Å². The number of anilines is 1. The highest BCUT2D eigenvalue weighted by Crippen LogP contribution is 2.26. The predicted octanol–water partition coefficient (Wildman–Crippen LogP) is 3.22. The third kappa shape index (κ3) is 6.06. The number of pyridine rings is 1. The van der Waals surface area contributed by atoms with E-state index in [0.717, 1.165) is 11.3 Å². The lowest BCUT2D eigenvalue weighted by atomic mass is 9.93. The number of amides is 1. The quantitative estimate of drug-likeness (QED) is 0.231. The summed E-state index contributed by atoms with van der Waals surface area (Å²) in [4.78, 5) is 27.3. The number of fused-ring (bicyclic) bond motifs is 1. The Hall–Kier alpha value is -4.09. The van der Waals surface area contributed by atoms with E-state index in [0.29, 0.717) is 37.4 Å². The first-order valence-corrected chi connectivity index (χ1v) is 12.5. The zero-order valence-corrected chi connectivity index (χ0v) is 22.1. The van der Waals surface area contributed by atoms with Crippen molar-refractivity contribution in [2.75, 3.05) is 32.0 Å². The fourth-order valence-corrected chi connectivity index (χ4v) is 4.23. The summed E-state index contributed by atoms with van der Waals surface area (Å²) in [6.07, 6.45) is 11.8. The first-order chi connectivity index (χ1) is 18.3. The molecule has 0 fully saturated rings. The Labute approximate surface area is 224 Å². The molecular weight excluding hydrogens is 509 g/mol. The molecule has 4 rings (SSSR count). The van der Waals surface area contributed by atoms with Gasteiger partial charge in [-0.3, -0.25) is 10.2 Å². The zero-order valence-electron chi connectivity index (χ0n) is 21.3. The number of carbonyl (C=O) groups excluding carboxylic acids is 1. The first-order valence-electron chi connectivity index (χ1n) is 12.1. The Morgan fingerprint density at radius 1 is 1.26 bits per heavy atom. The molecule has 3 aromatic rings. The van der Waals surface area contributed by atoms with Gasteiger partial charge in [0.25, 0.3) is 5.91 Å². The van der Waals surface area contributed by atoms with Crippen LogP contribution in [-0.2, 0) is 11.3 Å². The Morgan fingerprint density at radius 3 is 2.74 bits per heavy atom. The van der Waals surface area contributed by atoms with Gasteiger partial charge >= 0.3 is 0 Å². The number of hydrogen-bond donors (Lipinski definition) is 4. The Balaban J connectivity index is 1.47. The monoisotopic (exact) mass is 537 g/mol. The van der Waals surface area contributed by atoms with Crippen LogP contribution in [0.2, 0.25) is 5.28 Å². The van der Waals surface area contributed by atoms with Crippen LogP contribution >= 0.6 is 11.6 Å². The number of nitrogens with zero attached hydrogens (tertiary/aromatic N) is 5. The highest BCUT2D eigenvalue weighted by molar-refractivity contribution is 6.31. The summed E-state index contributed by atoms with van der Waals surface area (Å²) in [5.74, 6) is -1.05. The van der Waals surface area contributed by atoms with Crippen molar-refractivity contribution in [2.45, 2.75) is 20.4 Å². The van der Waals surface area contributed by atoms with Gasteiger partial charge in [0.2, 0.25) is 5.28 Å². The minimum Gasteiger partial charge on any atom is -0.393 e. The SMILES string of the molecule is CCN(CCNCc1cnc(Cl)nc1)C1=CC=C(C(=O)Nc2cc(F)c3nc(C)cn3c2)C(=N)/C1=C\NC. The second kappa shape index (κ2) is 12.0. The van der Waals surface area contributed by atoms with Crippen LogP contribution in [0.25, 0.3) is 5.65 Å². The Bertz CT molecular complexity index is 1440. The number of aromatic nitrogens is 4. The summed E-state index contributed by atoms with van der Waals surface area (Å²) in [5, 5.41) is 18.0. The summed E-state index contributed by atoms with van der Waals surface area (Å²) >= 11 is 5.74. The molecule has 0 saturated heterocycles. The molecule has 0 aromatic carbocycles. The summed E-state index contributed by atoms with van der Waals surface area (Å²) < 4.78 is 16.0. The molecule has 0 spiro atoms. The average Bonchev–Trinajstić information content (AvgIpc) is 3.27. The molecule has 0 saturated carbocycles. The first kappa shape index (κ1) is 27.0. The third-order valence-electron chi connectivity index (χ3n) is 5.92. The van der Waals surface area contributed by atoms with Gasteiger partial charge in [0.1, 0.15) is 0 Å². The second-order valence-electron chi connectivity index (χ2n) is 8.61. The van der Waals surface area contributed by atoms with Crippen molar-refractivity contribution in [3.63, 3.8) is 0 Å². The molecule has 10 nitrogen and oxygen atoms in total. The van der Waals surface area contributed by atoms with Crippen LogP contribution in [0, 0.1) is 18.2 Å². The fraction of sp³-hybridized carbons (Fsp3) is 0.269. The number of likely N-dealkylation sites (N-methyl/N-ethyl adjacent to an activating group) is 1. The zero-order chi connectivity index (χ0) is 27.2. The van der Waals surface area contributed by atoms with E-state index in [4.69, 9.17) is 17.0 Å². The van der Waals surface area contributed by atoms with Crippen LogP contribution in [0.1, 0.15) is 18.2 Å². The fourth-order valence-electron chi connectivity index (χ4n) is 4.14. The topological polar surface area (TPSA) is 123 Å². The number of rotatable bonds is 10. The van der Waals surface area contributed by atoms with E-state index in [1.807, 2.05) is 13.0 Å². The van der Waals surface area contributed by atoms with Gasteiger partial charge in [-0.2, -0.15) is 0 Å². The van der Waals surface area contributed by atoms with E-state index in [1.165, 1.54) is 10.5 Å². The van der Waals surface area contributed by atoms with Crippen LogP contribution in [-0.4, -0.2) is 62.6 Å².